The molecule has 1 heterocycles. The molecule has 0 radical (unpaired) electrons. The van der Waals surface area contributed by atoms with Crippen LogP contribution in [0.2, 0.25) is 0 Å². The molecule has 0 aromatic rings. The lowest BCUT2D eigenvalue weighted by molar-refractivity contribution is -0.118. The number of carbonyl (C=O) groups is 1. The van der Waals surface area contributed by atoms with Crippen LogP contribution in [0.4, 0.5) is 0 Å². The fourth-order valence-electron chi connectivity index (χ4n) is 1.22. The van der Waals surface area contributed by atoms with Gasteiger partial charge in [0.2, 0.25) is 0 Å². The summed E-state index contributed by atoms with van der Waals surface area (Å²) in [4.78, 5) is 10.7. The molecule has 0 saturated carbocycles. The molecule has 0 spiro atoms. The molecule has 1 fully saturated rings. The summed E-state index contributed by atoms with van der Waals surface area (Å²) >= 11 is 0. The van der Waals surface area contributed by atoms with E-state index >= 15 is 0 Å². The molecule has 0 aromatic carbocycles. The minimum atomic E-state index is -0.244. The Morgan fingerprint density at radius 3 is 2.91 bits per heavy atom. The van der Waals surface area contributed by atoms with Gasteiger partial charge in [-0.05, 0) is 20.3 Å². The lowest BCUT2D eigenvalue weighted by atomic mass is 10.1. The van der Waals surface area contributed by atoms with E-state index in [1.165, 1.54) is 0 Å². The summed E-state index contributed by atoms with van der Waals surface area (Å²) in [5.74, 6) is 0.225. The minimum absolute atomic E-state index is 0.225. The highest BCUT2D eigenvalue weighted by Gasteiger charge is 2.28. The summed E-state index contributed by atoms with van der Waals surface area (Å²) in [6, 6.07) is 0. The molecule has 0 amide bonds. The number of hydrogen-bond acceptors (Lipinski definition) is 3. The van der Waals surface area contributed by atoms with Crippen LogP contribution >= 0.6 is 0 Å². The van der Waals surface area contributed by atoms with Gasteiger partial charge >= 0.3 is 0 Å². The van der Waals surface area contributed by atoms with Crippen LogP contribution in [0, 0.1) is 0 Å². The van der Waals surface area contributed by atoms with Crippen LogP contribution in [0.3, 0.4) is 0 Å². The molecule has 1 saturated heterocycles. The average molecular weight is 157 g/mol. The quantitative estimate of drug-likeness (QED) is 0.655. The molecule has 1 rings (SSSR count). The van der Waals surface area contributed by atoms with Crippen molar-refractivity contribution in [2.45, 2.75) is 32.4 Å². The van der Waals surface area contributed by atoms with E-state index in [-0.39, 0.29) is 11.5 Å². The summed E-state index contributed by atoms with van der Waals surface area (Å²) in [6.07, 6.45) is 1.38. The Labute approximate surface area is 67.1 Å². The second-order valence-corrected chi connectivity index (χ2v) is 3.21. The van der Waals surface area contributed by atoms with Crippen molar-refractivity contribution in [3.8, 4) is 0 Å². The monoisotopic (exact) mass is 157 g/mol. The smallest absolute Gasteiger partial charge is 0.130 e. The van der Waals surface area contributed by atoms with Crippen LogP contribution in [-0.4, -0.2) is 24.7 Å². The Kier molecular flexibility index (Phi) is 2.62. The molecule has 0 bridgehead atoms. The zero-order valence-corrected chi connectivity index (χ0v) is 7.14. The molecule has 1 atom stereocenters. The Morgan fingerprint density at radius 2 is 2.45 bits per heavy atom. The van der Waals surface area contributed by atoms with Crippen molar-refractivity contribution in [1.82, 2.24) is 5.32 Å². The zero-order valence-electron chi connectivity index (χ0n) is 7.14. The average Bonchev–Trinajstić information content (AvgIpc) is 2.33. The predicted octanol–water partition coefficient (Wildman–Crippen LogP) is 0.692. The van der Waals surface area contributed by atoms with Gasteiger partial charge in [0, 0.05) is 13.0 Å². The van der Waals surface area contributed by atoms with Crippen LogP contribution in [0.25, 0.3) is 0 Å². The normalized spacial score (nSPS) is 30.7. The third-order valence-corrected chi connectivity index (χ3v) is 1.98. The van der Waals surface area contributed by atoms with E-state index in [2.05, 4.69) is 5.32 Å². The Balaban J connectivity index is 2.28. The van der Waals surface area contributed by atoms with Gasteiger partial charge in [-0.1, -0.05) is 0 Å². The largest absolute Gasteiger partial charge is 0.360 e. The van der Waals surface area contributed by atoms with Crippen molar-refractivity contribution < 1.29 is 9.53 Å². The molecule has 3 heteroatoms. The highest BCUT2D eigenvalue weighted by molar-refractivity contribution is 5.75. The summed E-state index contributed by atoms with van der Waals surface area (Å²) in [7, 11) is 0. The number of Topliss-reactive ketones (excluding diaryl/α,β-unsaturated/α-hetero) is 1. The van der Waals surface area contributed by atoms with Crippen LogP contribution in [0.5, 0.6) is 0 Å². The van der Waals surface area contributed by atoms with Crippen molar-refractivity contribution in [2.24, 2.45) is 0 Å². The van der Waals surface area contributed by atoms with Crippen LogP contribution in [0.1, 0.15) is 26.7 Å². The van der Waals surface area contributed by atoms with Crippen molar-refractivity contribution >= 4 is 5.78 Å². The Morgan fingerprint density at radius 1 is 1.73 bits per heavy atom. The molecule has 0 aromatic heterocycles. The first kappa shape index (κ1) is 8.68. The van der Waals surface area contributed by atoms with E-state index < -0.39 is 0 Å². The Hall–Kier alpha value is -0.410. The number of rotatable bonds is 3. The molecule has 3 nitrogen and oxygen atoms in total. The van der Waals surface area contributed by atoms with E-state index in [9.17, 15) is 4.79 Å². The van der Waals surface area contributed by atoms with Gasteiger partial charge in [-0.2, -0.15) is 0 Å². The number of carbonyl (C=O) groups excluding carboxylic acids is 1. The van der Waals surface area contributed by atoms with Gasteiger partial charge in [0.05, 0.1) is 6.61 Å². The van der Waals surface area contributed by atoms with Crippen molar-refractivity contribution in [2.75, 3.05) is 13.2 Å². The van der Waals surface area contributed by atoms with Gasteiger partial charge in [-0.15, -0.1) is 0 Å². The maximum absolute atomic E-state index is 10.7. The zero-order chi connectivity index (χ0) is 8.32. The number of ketones is 1. The molecule has 1 unspecified atom stereocenters. The van der Waals surface area contributed by atoms with Gasteiger partial charge in [0.25, 0.3) is 0 Å². The topological polar surface area (TPSA) is 38.3 Å². The lowest BCUT2D eigenvalue weighted by Crippen LogP contribution is -2.37. The first-order chi connectivity index (χ1) is 5.12. The summed E-state index contributed by atoms with van der Waals surface area (Å²) in [6.45, 7) is 5.25. The molecule has 0 aliphatic carbocycles. The number of ether oxygens (including phenoxy) is 1. The fourth-order valence-corrected chi connectivity index (χ4v) is 1.22. The third kappa shape index (κ3) is 2.60. The molecular weight excluding hydrogens is 142 g/mol. The van der Waals surface area contributed by atoms with Gasteiger partial charge in [-0.3, -0.25) is 5.32 Å². The SMILES string of the molecule is CC(=O)CCC1(C)NCCO1. The molecule has 1 aliphatic heterocycles. The van der Waals surface area contributed by atoms with Crippen molar-refractivity contribution in [1.29, 1.82) is 0 Å². The summed E-state index contributed by atoms with van der Waals surface area (Å²) in [5, 5.41) is 3.21. The maximum Gasteiger partial charge on any atom is 0.130 e. The van der Waals surface area contributed by atoms with Gasteiger partial charge in [0.15, 0.2) is 0 Å². The van der Waals surface area contributed by atoms with E-state index in [0.717, 1.165) is 19.6 Å². The molecule has 64 valence electrons. The maximum atomic E-state index is 10.7. The van der Waals surface area contributed by atoms with E-state index in [4.69, 9.17) is 4.74 Å². The molecule has 1 N–H and O–H groups in total. The summed E-state index contributed by atoms with van der Waals surface area (Å²) < 4.78 is 5.43. The van der Waals surface area contributed by atoms with Crippen molar-refractivity contribution in [3.05, 3.63) is 0 Å². The number of hydrogen-bond donors (Lipinski definition) is 1. The highest BCUT2D eigenvalue weighted by atomic mass is 16.5. The standard InChI is InChI=1S/C8H15NO2/c1-7(10)3-4-8(2)9-5-6-11-8/h9H,3-6H2,1-2H3. The second kappa shape index (κ2) is 3.32. The fraction of sp³-hybridized carbons (Fsp3) is 0.875. The van der Waals surface area contributed by atoms with Gasteiger partial charge in [0.1, 0.15) is 11.5 Å². The first-order valence-corrected chi connectivity index (χ1v) is 4.01. The highest BCUT2D eigenvalue weighted by Crippen LogP contribution is 2.17. The minimum Gasteiger partial charge on any atom is -0.360 e. The molecule has 1 aliphatic rings. The van der Waals surface area contributed by atoms with Crippen LogP contribution in [-0.2, 0) is 9.53 Å². The van der Waals surface area contributed by atoms with E-state index in [1.807, 2.05) is 6.92 Å². The van der Waals surface area contributed by atoms with Crippen LogP contribution in [0.15, 0.2) is 0 Å². The third-order valence-electron chi connectivity index (χ3n) is 1.98. The van der Waals surface area contributed by atoms with E-state index in [1.54, 1.807) is 6.92 Å². The molecular formula is C8H15NO2. The number of nitrogens with one attached hydrogen (secondary N) is 1. The predicted molar refractivity (Wildman–Crippen MR) is 42.3 cm³/mol. The van der Waals surface area contributed by atoms with Gasteiger partial charge in [-0.25, -0.2) is 0 Å². The van der Waals surface area contributed by atoms with Crippen molar-refractivity contribution in [3.63, 3.8) is 0 Å². The van der Waals surface area contributed by atoms with E-state index in [0.29, 0.717) is 6.42 Å². The van der Waals surface area contributed by atoms with Crippen LogP contribution < -0.4 is 5.32 Å². The Bertz CT molecular complexity index is 150. The summed E-state index contributed by atoms with van der Waals surface area (Å²) in [5.41, 5.74) is -0.244. The molecule has 11 heavy (non-hydrogen) atoms. The lowest BCUT2D eigenvalue weighted by Gasteiger charge is -2.22. The second-order valence-electron chi connectivity index (χ2n) is 3.21. The first-order valence-electron chi connectivity index (χ1n) is 4.01. The van der Waals surface area contributed by atoms with Gasteiger partial charge < -0.3 is 9.53 Å².